The lowest BCUT2D eigenvalue weighted by molar-refractivity contribution is -0.143. The van der Waals surface area contributed by atoms with E-state index < -0.39 is 23.4 Å². The van der Waals surface area contributed by atoms with Crippen LogP contribution in [-0.4, -0.2) is 25.8 Å². The zero-order valence-corrected chi connectivity index (χ0v) is 10.6. The van der Waals surface area contributed by atoms with E-state index in [-0.39, 0.29) is 11.0 Å². The third-order valence-corrected chi connectivity index (χ3v) is 3.26. The molecule has 0 bridgehead atoms. The maximum atomic E-state index is 12.9. The summed E-state index contributed by atoms with van der Waals surface area (Å²) in [6, 6.07) is 0. The van der Waals surface area contributed by atoms with Gasteiger partial charge in [-0.1, -0.05) is 0 Å². The number of hydrogen-bond donors (Lipinski definition) is 1. The Balaban J connectivity index is 2.61. The maximum Gasteiger partial charge on any atom is 0.434 e. The Hall–Kier alpha value is -1.61. The number of nitrogens with zero attached hydrogens (tertiary/aromatic N) is 3. The summed E-state index contributed by atoms with van der Waals surface area (Å²) in [5, 5.41) is 13.6. The molecular formula is C9H5ClF3N3O2S. The van der Waals surface area contributed by atoms with Crippen LogP contribution in [0.4, 0.5) is 13.2 Å². The first-order valence-corrected chi connectivity index (χ1v) is 6.15. The molecule has 0 aliphatic carbocycles. The fourth-order valence-electron chi connectivity index (χ4n) is 1.38. The van der Waals surface area contributed by atoms with Crippen LogP contribution in [0.3, 0.4) is 0 Å². The Kier molecular flexibility index (Phi) is 3.50. The molecule has 19 heavy (non-hydrogen) atoms. The van der Waals surface area contributed by atoms with Gasteiger partial charge in [0.2, 0.25) is 5.13 Å². The van der Waals surface area contributed by atoms with E-state index in [0.717, 1.165) is 11.3 Å². The molecule has 2 aromatic rings. The fraction of sp³-hybridized carbons (Fsp3) is 0.222. The van der Waals surface area contributed by atoms with Crippen LogP contribution in [0.1, 0.15) is 21.7 Å². The number of halogens is 4. The highest BCUT2D eigenvalue weighted by Gasteiger charge is 2.41. The van der Waals surface area contributed by atoms with Crippen LogP contribution in [0.5, 0.6) is 0 Å². The van der Waals surface area contributed by atoms with Gasteiger partial charge in [-0.3, -0.25) is 0 Å². The van der Waals surface area contributed by atoms with Crippen molar-refractivity contribution < 1.29 is 23.1 Å². The number of aromatic carboxylic acids is 1. The summed E-state index contributed by atoms with van der Waals surface area (Å²) >= 11 is 6.41. The van der Waals surface area contributed by atoms with Gasteiger partial charge < -0.3 is 5.11 Å². The summed E-state index contributed by atoms with van der Waals surface area (Å²) in [6.07, 6.45) is -4.20. The Labute approximate surface area is 113 Å². The van der Waals surface area contributed by atoms with E-state index in [0.29, 0.717) is 16.6 Å². The van der Waals surface area contributed by atoms with Crippen molar-refractivity contribution in [3.8, 4) is 5.13 Å². The highest BCUT2D eigenvalue weighted by Crippen LogP contribution is 2.34. The summed E-state index contributed by atoms with van der Waals surface area (Å²) in [6.45, 7) is 0. The first-order valence-electron chi connectivity index (χ1n) is 4.74. The molecule has 0 amide bonds. The van der Waals surface area contributed by atoms with E-state index in [4.69, 9.17) is 16.7 Å². The molecule has 2 heterocycles. The summed E-state index contributed by atoms with van der Waals surface area (Å²) in [4.78, 5) is 14.6. The number of alkyl halides is 4. The molecule has 0 aromatic carbocycles. The zero-order valence-electron chi connectivity index (χ0n) is 8.98. The Morgan fingerprint density at radius 2 is 2.21 bits per heavy atom. The van der Waals surface area contributed by atoms with E-state index in [1.165, 1.54) is 5.38 Å². The molecule has 0 saturated carbocycles. The van der Waals surface area contributed by atoms with Crippen LogP contribution >= 0.6 is 22.9 Å². The van der Waals surface area contributed by atoms with Gasteiger partial charge >= 0.3 is 12.1 Å². The highest BCUT2D eigenvalue weighted by molar-refractivity contribution is 7.12. The van der Waals surface area contributed by atoms with Gasteiger partial charge in [0.25, 0.3) is 0 Å². The molecule has 0 saturated heterocycles. The van der Waals surface area contributed by atoms with Crippen molar-refractivity contribution >= 4 is 28.9 Å². The van der Waals surface area contributed by atoms with E-state index in [9.17, 15) is 18.0 Å². The maximum absolute atomic E-state index is 12.9. The molecule has 0 atom stereocenters. The van der Waals surface area contributed by atoms with Crippen molar-refractivity contribution in [1.82, 2.24) is 14.8 Å². The molecule has 1 N–H and O–H groups in total. The third-order valence-electron chi connectivity index (χ3n) is 2.13. The topological polar surface area (TPSA) is 68.0 Å². The van der Waals surface area contributed by atoms with Gasteiger partial charge in [-0.25, -0.2) is 14.5 Å². The second kappa shape index (κ2) is 4.82. The van der Waals surface area contributed by atoms with Crippen LogP contribution in [-0.2, 0) is 12.1 Å². The second-order valence-corrected chi connectivity index (χ2v) is 4.48. The first-order chi connectivity index (χ1) is 8.84. The number of aromatic nitrogens is 3. The van der Waals surface area contributed by atoms with Gasteiger partial charge in [0.15, 0.2) is 5.69 Å². The molecule has 0 unspecified atom stereocenters. The quantitative estimate of drug-likeness (QED) is 0.885. The van der Waals surface area contributed by atoms with Gasteiger partial charge in [0.05, 0.1) is 17.8 Å². The van der Waals surface area contributed by atoms with Crippen LogP contribution in [0.15, 0.2) is 11.6 Å². The molecule has 10 heteroatoms. The van der Waals surface area contributed by atoms with Crippen molar-refractivity contribution in [2.45, 2.75) is 12.1 Å². The Bertz CT molecular complexity index is 622. The summed E-state index contributed by atoms with van der Waals surface area (Å²) in [5.74, 6) is -1.65. The highest BCUT2D eigenvalue weighted by atomic mass is 35.5. The van der Waals surface area contributed by atoms with Crippen LogP contribution in [0.25, 0.3) is 5.13 Å². The first kappa shape index (κ1) is 13.8. The number of hydrogen-bond acceptors (Lipinski definition) is 4. The lowest BCUT2D eigenvalue weighted by atomic mass is 10.2. The normalized spacial score (nSPS) is 11.8. The van der Waals surface area contributed by atoms with Gasteiger partial charge in [0.1, 0.15) is 5.56 Å². The summed E-state index contributed by atoms with van der Waals surface area (Å²) in [7, 11) is 0. The molecule has 0 aliphatic rings. The van der Waals surface area contributed by atoms with Crippen molar-refractivity contribution in [3.05, 3.63) is 28.5 Å². The number of carbonyl (C=O) groups is 1. The molecule has 2 aromatic heterocycles. The molecule has 2 rings (SSSR count). The largest absolute Gasteiger partial charge is 0.478 e. The monoisotopic (exact) mass is 311 g/mol. The van der Waals surface area contributed by atoms with E-state index in [1.807, 2.05) is 0 Å². The van der Waals surface area contributed by atoms with Gasteiger partial charge in [0, 0.05) is 5.38 Å². The van der Waals surface area contributed by atoms with Crippen LogP contribution in [0.2, 0.25) is 0 Å². The van der Waals surface area contributed by atoms with Gasteiger partial charge in [-0.05, 0) is 0 Å². The average Bonchev–Trinajstić information content (AvgIpc) is 2.94. The minimum atomic E-state index is -4.85. The van der Waals surface area contributed by atoms with Crippen LogP contribution in [0, 0.1) is 0 Å². The van der Waals surface area contributed by atoms with Crippen LogP contribution < -0.4 is 0 Å². The number of carboxylic acids is 1. The zero-order chi connectivity index (χ0) is 14.2. The van der Waals surface area contributed by atoms with Crippen molar-refractivity contribution in [1.29, 1.82) is 0 Å². The van der Waals surface area contributed by atoms with Crippen molar-refractivity contribution in [2.75, 3.05) is 0 Å². The third kappa shape index (κ3) is 2.56. The molecule has 102 valence electrons. The Morgan fingerprint density at radius 1 is 1.53 bits per heavy atom. The molecular weight excluding hydrogens is 307 g/mol. The number of thiazole rings is 1. The minimum absolute atomic E-state index is 0.0465. The lowest BCUT2D eigenvalue weighted by Gasteiger charge is -2.09. The molecule has 0 spiro atoms. The average molecular weight is 312 g/mol. The minimum Gasteiger partial charge on any atom is -0.478 e. The SMILES string of the molecule is O=C(O)c1cnn(-c2nc(CCl)cs2)c1C(F)(F)F. The summed E-state index contributed by atoms with van der Waals surface area (Å²) < 4.78 is 39.2. The smallest absolute Gasteiger partial charge is 0.434 e. The van der Waals surface area contributed by atoms with Crippen molar-refractivity contribution in [3.63, 3.8) is 0 Å². The molecule has 5 nitrogen and oxygen atoms in total. The molecule has 0 radical (unpaired) electrons. The summed E-state index contributed by atoms with van der Waals surface area (Å²) in [5.41, 5.74) is -1.90. The van der Waals surface area contributed by atoms with E-state index in [1.54, 1.807) is 0 Å². The van der Waals surface area contributed by atoms with E-state index >= 15 is 0 Å². The fourth-order valence-corrected chi connectivity index (χ4v) is 2.39. The van der Waals surface area contributed by atoms with Gasteiger partial charge in [-0.2, -0.15) is 18.3 Å². The lowest BCUT2D eigenvalue weighted by Crippen LogP contribution is -2.17. The Morgan fingerprint density at radius 3 is 2.68 bits per heavy atom. The number of rotatable bonds is 3. The standard InChI is InChI=1S/C9H5ClF3N3O2S/c10-1-4-3-19-8(15-4)16-6(9(11,12)13)5(2-14-16)7(17)18/h2-3H,1H2,(H,17,18). The second-order valence-electron chi connectivity index (χ2n) is 3.38. The van der Waals surface area contributed by atoms with Gasteiger partial charge in [-0.15, -0.1) is 22.9 Å². The predicted octanol–water partition coefficient (Wildman–Crippen LogP) is 2.78. The molecule has 0 aliphatic heterocycles. The number of carboxylic acid groups (broad SMARTS) is 1. The van der Waals surface area contributed by atoms with Crippen molar-refractivity contribution in [2.24, 2.45) is 0 Å². The van der Waals surface area contributed by atoms with E-state index in [2.05, 4.69) is 10.1 Å². The molecule has 0 fully saturated rings. The predicted molar refractivity (Wildman–Crippen MR) is 60.8 cm³/mol.